The second-order valence-corrected chi connectivity index (χ2v) is 23.4. The Labute approximate surface area is 476 Å². The molecule has 0 radical (unpaired) electrons. The number of fused-ring (bicyclic) bond motifs is 14. The maximum atomic E-state index is 6.61. The third-order valence-corrected chi connectivity index (χ3v) is 18.7. The summed E-state index contributed by atoms with van der Waals surface area (Å²) in [7, 11) is 0. The monoisotopic (exact) mass is 1050 g/mol. The van der Waals surface area contributed by atoms with Crippen molar-refractivity contribution in [1.29, 1.82) is 0 Å². The highest BCUT2D eigenvalue weighted by atomic mass is 32.2. The number of anilines is 9. The van der Waals surface area contributed by atoms with Gasteiger partial charge in [-0.15, -0.1) is 0 Å². The summed E-state index contributed by atoms with van der Waals surface area (Å²) in [6, 6.07) is 95.1. The maximum Gasteiger partial charge on any atom is 0.252 e. The largest absolute Gasteiger partial charge is 0.457 e. The molecule has 0 spiro atoms. The van der Waals surface area contributed by atoms with E-state index in [1.165, 1.54) is 104 Å². The minimum Gasteiger partial charge on any atom is -0.457 e. The molecule has 12 aromatic rings. The van der Waals surface area contributed by atoms with Crippen molar-refractivity contribution in [3.63, 3.8) is 0 Å². The van der Waals surface area contributed by atoms with Gasteiger partial charge in [0.1, 0.15) is 23.0 Å². The standard InChI is InChI=1S/C73H49B2N3O2S/c1-73(2)57-42-53(80-51-30-16-7-17-31-51)37-39-55(57)56-43-66-69-71(68(56)73)78(49-26-12-5-13-27-49)63-35-21-19-33-59(63)74(69)60-44-61-67(45-64(60)77(66)48-24-10-4-11-25-48)81-72-54-38-36-52(79-50-28-14-6-15-29-50)40-46(54)41-65-70(72)75(61)58-32-18-20-34-62(58)76(65)47-22-8-3-9-23-47/h3-45H,1-2H3. The molecule has 17 rings (SSSR count). The molecule has 5 aliphatic rings. The van der Waals surface area contributed by atoms with Gasteiger partial charge in [0.25, 0.3) is 6.71 Å². The average Bonchev–Trinajstić information content (AvgIpc) is 2.83. The predicted molar refractivity (Wildman–Crippen MR) is 338 cm³/mol. The smallest absolute Gasteiger partial charge is 0.252 e. The Morgan fingerprint density at radius 2 is 0.877 bits per heavy atom. The zero-order valence-electron chi connectivity index (χ0n) is 44.5. The number of benzene rings is 12. The van der Waals surface area contributed by atoms with Gasteiger partial charge >= 0.3 is 0 Å². The van der Waals surface area contributed by atoms with Crippen LogP contribution in [0.4, 0.5) is 51.2 Å². The van der Waals surface area contributed by atoms with Crippen LogP contribution in [0.3, 0.4) is 0 Å². The Bertz CT molecular complexity index is 4560. The van der Waals surface area contributed by atoms with Gasteiger partial charge in [-0.25, -0.2) is 0 Å². The summed E-state index contributed by atoms with van der Waals surface area (Å²) < 4.78 is 13.2. The van der Waals surface area contributed by atoms with Crippen molar-refractivity contribution in [2.45, 2.75) is 29.1 Å². The molecule has 0 amide bonds. The predicted octanol–water partition coefficient (Wildman–Crippen LogP) is 15.6. The number of rotatable bonds is 7. The lowest BCUT2D eigenvalue weighted by Crippen LogP contribution is -2.64. The van der Waals surface area contributed by atoms with E-state index >= 15 is 0 Å². The Morgan fingerprint density at radius 3 is 1.51 bits per heavy atom. The second kappa shape index (κ2) is 17.7. The summed E-state index contributed by atoms with van der Waals surface area (Å²) in [5, 5.41) is 2.35. The molecule has 380 valence electrons. The van der Waals surface area contributed by atoms with E-state index in [9.17, 15) is 0 Å². The van der Waals surface area contributed by atoms with Crippen molar-refractivity contribution in [3.8, 4) is 34.1 Å². The Kier molecular flexibility index (Phi) is 10.1. The molecule has 0 unspecified atom stereocenters. The first-order valence-corrected chi connectivity index (χ1v) is 28.8. The van der Waals surface area contributed by atoms with Gasteiger partial charge in [0.15, 0.2) is 0 Å². The van der Waals surface area contributed by atoms with Gasteiger partial charge in [0.2, 0.25) is 6.71 Å². The fourth-order valence-electron chi connectivity index (χ4n) is 14.1. The van der Waals surface area contributed by atoms with Crippen LogP contribution >= 0.6 is 11.8 Å². The topological polar surface area (TPSA) is 28.2 Å². The second-order valence-electron chi connectivity index (χ2n) is 22.3. The molecule has 12 aromatic carbocycles. The third-order valence-electron chi connectivity index (χ3n) is 17.5. The molecular weight excluding hydrogens is 1000 g/mol. The molecular formula is C73H49B2N3O2S. The fourth-order valence-corrected chi connectivity index (χ4v) is 15.5. The summed E-state index contributed by atoms with van der Waals surface area (Å²) in [6.07, 6.45) is 0. The molecule has 0 aromatic heterocycles. The molecule has 0 bridgehead atoms. The zero-order valence-corrected chi connectivity index (χ0v) is 45.4. The lowest BCUT2D eigenvalue weighted by atomic mass is 9.30. The van der Waals surface area contributed by atoms with Crippen molar-refractivity contribution >= 4 is 120 Å². The third kappa shape index (κ3) is 6.90. The van der Waals surface area contributed by atoms with Gasteiger partial charge in [-0.3, -0.25) is 0 Å². The molecule has 5 nitrogen and oxygen atoms in total. The van der Waals surface area contributed by atoms with E-state index in [1.54, 1.807) is 0 Å². The summed E-state index contributed by atoms with van der Waals surface area (Å²) in [5.74, 6) is 3.28. The van der Waals surface area contributed by atoms with E-state index < -0.39 is 5.41 Å². The Balaban J connectivity index is 0.939. The van der Waals surface area contributed by atoms with E-state index in [0.717, 1.165) is 45.4 Å². The minimum atomic E-state index is -0.410. The molecule has 8 heteroatoms. The van der Waals surface area contributed by atoms with Crippen LogP contribution in [-0.4, -0.2) is 13.4 Å². The maximum absolute atomic E-state index is 6.61. The molecule has 4 aliphatic heterocycles. The van der Waals surface area contributed by atoms with Gasteiger partial charge in [-0.05, 0) is 182 Å². The van der Waals surface area contributed by atoms with Crippen molar-refractivity contribution in [1.82, 2.24) is 0 Å². The number of hydrogen-bond acceptors (Lipinski definition) is 6. The Hall–Kier alpha value is -9.62. The number of nitrogens with zero attached hydrogens (tertiary/aromatic N) is 3. The molecule has 0 saturated heterocycles. The number of hydrogen-bond donors (Lipinski definition) is 0. The van der Waals surface area contributed by atoms with Gasteiger partial charge in [-0.1, -0.05) is 171 Å². The highest BCUT2D eigenvalue weighted by Crippen LogP contribution is 2.58. The average molecular weight is 1050 g/mol. The van der Waals surface area contributed by atoms with E-state index in [2.05, 4.69) is 229 Å². The van der Waals surface area contributed by atoms with Crippen LogP contribution < -0.4 is 57.0 Å². The Morgan fingerprint density at radius 1 is 0.370 bits per heavy atom. The van der Waals surface area contributed by atoms with Crippen molar-refractivity contribution in [2.24, 2.45) is 0 Å². The normalized spacial score (nSPS) is 14.2. The minimum absolute atomic E-state index is 0.0520. The highest BCUT2D eigenvalue weighted by molar-refractivity contribution is 8.00. The molecule has 0 fully saturated rings. The lowest BCUT2D eigenvalue weighted by molar-refractivity contribution is 0.480. The fraction of sp³-hybridized carbons (Fsp3) is 0.0411. The van der Waals surface area contributed by atoms with Crippen LogP contribution in [0.25, 0.3) is 21.9 Å². The summed E-state index contributed by atoms with van der Waals surface area (Å²) >= 11 is 1.92. The number of ether oxygens (including phenoxy) is 2. The zero-order chi connectivity index (χ0) is 53.5. The molecule has 0 atom stereocenters. The van der Waals surface area contributed by atoms with E-state index in [1.807, 2.05) is 72.4 Å². The highest BCUT2D eigenvalue weighted by Gasteiger charge is 2.51. The van der Waals surface area contributed by atoms with Crippen LogP contribution in [0.5, 0.6) is 23.0 Å². The van der Waals surface area contributed by atoms with Crippen molar-refractivity contribution in [2.75, 3.05) is 14.7 Å². The summed E-state index contributed by atoms with van der Waals surface area (Å²) in [6.45, 7) is 4.68. The van der Waals surface area contributed by atoms with Gasteiger partial charge in [0, 0.05) is 66.4 Å². The lowest BCUT2D eigenvalue weighted by Gasteiger charge is -2.47. The van der Waals surface area contributed by atoms with Crippen molar-refractivity contribution in [3.05, 3.63) is 272 Å². The van der Waals surface area contributed by atoms with Gasteiger partial charge in [0.05, 0.1) is 0 Å². The number of para-hydroxylation sites is 7. The molecule has 1 aliphatic carbocycles. The van der Waals surface area contributed by atoms with Crippen LogP contribution in [-0.2, 0) is 5.41 Å². The van der Waals surface area contributed by atoms with Crippen LogP contribution in [0.15, 0.2) is 271 Å². The van der Waals surface area contributed by atoms with Crippen LogP contribution in [0, 0.1) is 0 Å². The first-order chi connectivity index (χ1) is 39.9. The first kappa shape index (κ1) is 46.3. The van der Waals surface area contributed by atoms with Gasteiger partial charge < -0.3 is 24.2 Å². The van der Waals surface area contributed by atoms with Crippen LogP contribution in [0.2, 0.25) is 0 Å². The van der Waals surface area contributed by atoms with E-state index in [-0.39, 0.29) is 13.4 Å². The SMILES string of the molecule is CC1(C)c2cc(Oc3ccccc3)ccc2-c2cc3c4c(c21)N(c1ccccc1)c1ccccc1B4c1cc2c(cc1N3c1ccccc1)Sc1c3c(cc4cc(Oc5ccccc5)ccc14)N(c1ccccc1)c1ccccc1B23. The van der Waals surface area contributed by atoms with Crippen LogP contribution in [0.1, 0.15) is 25.0 Å². The van der Waals surface area contributed by atoms with Crippen molar-refractivity contribution < 1.29 is 9.47 Å². The summed E-state index contributed by atoms with van der Waals surface area (Å²) in [5.41, 5.74) is 23.1. The van der Waals surface area contributed by atoms with E-state index in [4.69, 9.17) is 9.47 Å². The molecule has 0 N–H and O–H groups in total. The molecule has 81 heavy (non-hydrogen) atoms. The first-order valence-electron chi connectivity index (χ1n) is 28.0. The summed E-state index contributed by atoms with van der Waals surface area (Å²) in [4.78, 5) is 10.2. The molecule has 0 saturated carbocycles. The quantitative estimate of drug-likeness (QED) is 0.148. The van der Waals surface area contributed by atoms with E-state index in [0.29, 0.717) is 0 Å². The van der Waals surface area contributed by atoms with Gasteiger partial charge in [-0.2, -0.15) is 0 Å². The molecule has 4 heterocycles.